The van der Waals surface area contributed by atoms with Gasteiger partial charge in [-0.1, -0.05) is 18.2 Å². The Balaban J connectivity index is 1.24. The van der Waals surface area contributed by atoms with E-state index in [4.69, 9.17) is 4.42 Å². The largest absolute Gasteiger partial charge is 0.459 e. The fraction of sp³-hybridized carbons (Fsp3) is 0.318. The van der Waals surface area contributed by atoms with Gasteiger partial charge in [-0.05, 0) is 37.3 Å². The Kier molecular flexibility index (Phi) is 5.94. The fourth-order valence-corrected chi connectivity index (χ4v) is 3.57. The van der Waals surface area contributed by atoms with Crippen molar-refractivity contribution in [2.24, 2.45) is 0 Å². The van der Waals surface area contributed by atoms with E-state index in [0.717, 1.165) is 17.1 Å². The third-order valence-electron chi connectivity index (χ3n) is 5.16. The quantitative estimate of drug-likeness (QED) is 0.674. The Hall–Kier alpha value is -3.39. The zero-order chi connectivity index (χ0) is 20.9. The number of benzene rings is 1. The third-order valence-corrected chi connectivity index (χ3v) is 5.16. The van der Waals surface area contributed by atoms with Crippen molar-refractivity contribution in [3.8, 4) is 5.69 Å². The average molecular weight is 407 g/mol. The highest BCUT2D eigenvalue weighted by Crippen LogP contribution is 2.12. The van der Waals surface area contributed by atoms with Gasteiger partial charge in [0.25, 0.3) is 5.91 Å². The van der Waals surface area contributed by atoms with E-state index >= 15 is 0 Å². The molecule has 1 saturated heterocycles. The van der Waals surface area contributed by atoms with Crippen molar-refractivity contribution in [3.05, 3.63) is 71.9 Å². The molecule has 1 aromatic carbocycles. The lowest BCUT2D eigenvalue weighted by Crippen LogP contribution is -2.51. The predicted octanol–water partition coefficient (Wildman–Crippen LogP) is 1.85. The maximum atomic E-state index is 12.4. The van der Waals surface area contributed by atoms with Gasteiger partial charge in [-0.25, -0.2) is 4.68 Å². The number of furan rings is 1. The number of carbonyl (C=O) groups excluding carboxylic acids is 2. The summed E-state index contributed by atoms with van der Waals surface area (Å²) >= 11 is 0. The van der Waals surface area contributed by atoms with Crippen LogP contribution in [0.3, 0.4) is 0 Å². The zero-order valence-corrected chi connectivity index (χ0v) is 17.0. The molecule has 0 unspecified atom stereocenters. The van der Waals surface area contributed by atoms with Gasteiger partial charge in [0.1, 0.15) is 0 Å². The first-order chi connectivity index (χ1) is 14.6. The molecule has 4 rings (SSSR count). The van der Waals surface area contributed by atoms with E-state index in [-0.39, 0.29) is 11.8 Å². The van der Waals surface area contributed by atoms with Crippen LogP contribution in [-0.4, -0.2) is 64.1 Å². The Morgan fingerprint density at radius 1 is 1.07 bits per heavy atom. The van der Waals surface area contributed by atoms with Crippen molar-refractivity contribution < 1.29 is 14.0 Å². The van der Waals surface area contributed by atoms with E-state index < -0.39 is 0 Å². The molecule has 8 nitrogen and oxygen atoms in total. The highest BCUT2D eigenvalue weighted by atomic mass is 16.3. The summed E-state index contributed by atoms with van der Waals surface area (Å²) in [4.78, 5) is 28.5. The molecule has 0 radical (unpaired) electrons. The Morgan fingerprint density at radius 3 is 2.53 bits per heavy atom. The molecule has 0 atom stereocenters. The van der Waals surface area contributed by atoms with E-state index in [1.54, 1.807) is 17.0 Å². The molecule has 8 heteroatoms. The molecule has 3 aromatic rings. The van der Waals surface area contributed by atoms with Crippen LogP contribution in [0.15, 0.2) is 59.2 Å². The Labute approximate surface area is 175 Å². The van der Waals surface area contributed by atoms with Crippen molar-refractivity contribution in [2.75, 3.05) is 32.7 Å². The molecule has 1 aliphatic heterocycles. The van der Waals surface area contributed by atoms with Gasteiger partial charge in [0.2, 0.25) is 5.91 Å². The van der Waals surface area contributed by atoms with E-state index in [1.165, 1.54) is 6.26 Å². The van der Waals surface area contributed by atoms with Crippen LogP contribution in [0.1, 0.15) is 21.9 Å². The predicted molar refractivity (Wildman–Crippen MR) is 111 cm³/mol. The van der Waals surface area contributed by atoms with Crippen LogP contribution in [0.25, 0.3) is 5.69 Å². The van der Waals surface area contributed by atoms with Gasteiger partial charge >= 0.3 is 0 Å². The molecule has 1 N–H and O–H groups in total. The lowest BCUT2D eigenvalue weighted by Gasteiger charge is -2.33. The second-order valence-corrected chi connectivity index (χ2v) is 7.35. The van der Waals surface area contributed by atoms with Crippen molar-refractivity contribution in [2.45, 2.75) is 13.5 Å². The van der Waals surface area contributed by atoms with Crippen molar-refractivity contribution in [1.82, 2.24) is 24.9 Å². The molecule has 1 fully saturated rings. The summed E-state index contributed by atoms with van der Waals surface area (Å²) in [7, 11) is 0. The minimum absolute atomic E-state index is 0.0484. The summed E-state index contributed by atoms with van der Waals surface area (Å²) in [5, 5.41) is 7.53. The molecule has 30 heavy (non-hydrogen) atoms. The van der Waals surface area contributed by atoms with Gasteiger partial charge in [0.05, 0.1) is 30.7 Å². The maximum Gasteiger partial charge on any atom is 0.289 e. The fourth-order valence-electron chi connectivity index (χ4n) is 3.57. The van der Waals surface area contributed by atoms with E-state index in [9.17, 15) is 9.59 Å². The molecule has 0 bridgehead atoms. The van der Waals surface area contributed by atoms with Crippen LogP contribution in [0.5, 0.6) is 0 Å². The molecule has 0 spiro atoms. The first kappa shape index (κ1) is 19.9. The van der Waals surface area contributed by atoms with Crippen LogP contribution >= 0.6 is 0 Å². The van der Waals surface area contributed by atoms with E-state index in [2.05, 4.69) is 15.3 Å². The van der Waals surface area contributed by atoms with Crippen LogP contribution in [0.4, 0.5) is 0 Å². The number of aryl methyl sites for hydroxylation is 1. The molecular formula is C22H25N5O3. The van der Waals surface area contributed by atoms with Gasteiger partial charge in [-0.15, -0.1) is 0 Å². The number of para-hydroxylation sites is 1. The monoisotopic (exact) mass is 407 g/mol. The normalized spacial score (nSPS) is 14.6. The lowest BCUT2D eigenvalue weighted by atomic mass is 10.2. The third kappa shape index (κ3) is 4.60. The first-order valence-electron chi connectivity index (χ1n) is 10.0. The van der Waals surface area contributed by atoms with Crippen LogP contribution in [0.2, 0.25) is 0 Å². The number of aromatic nitrogens is 2. The molecular weight excluding hydrogens is 382 g/mol. The number of nitrogens with one attached hydrogen (secondary N) is 1. The van der Waals surface area contributed by atoms with Crippen LogP contribution in [0, 0.1) is 6.92 Å². The summed E-state index contributed by atoms with van der Waals surface area (Å²) in [6.45, 7) is 5.15. The van der Waals surface area contributed by atoms with Crippen LogP contribution < -0.4 is 5.32 Å². The number of rotatable bonds is 6. The molecule has 156 valence electrons. The van der Waals surface area contributed by atoms with Crippen molar-refractivity contribution >= 4 is 11.8 Å². The number of amides is 2. The SMILES string of the molecule is Cc1cc(CNC(=O)CN2CCN(C(=O)c3ccco3)CC2)nn1-c1ccccc1. The minimum atomic E-state index is -0.103. The second kappa shape index (κ2) is 8.96. The van der Waals surface area contributed by atoms with Gasteiger partial charge in [0.15, 0.2) is 5.76 Å². The van der Waals surface area contributed by atoms with Gasteiger partial charge < -0.3 is 14.6 Å². The average Bonchev–Trinajstić information content (AvgIpc) is 3.43. The topological polar surface area (TPSA) is 83.6 Å². The summed E-state index contributed by atoms with van der Waals surface area (Å²) < 4.78 is 7.05. The van der Waals surface area contributed by atoms with Crippen molar-refractivity contribution in [3.63, 3.8) is 0 Å². The maximum absolute atomic E-state index is 12.4. The van der Waals surface area contributed by atoms with E-state index in [0.29, 0.717) is 45.0 Å². The number of piperazine rings is 1. The standard InChI is InChI=1S/C22H25N5O3/c1-17-14-18(24-27(17)19-6-3-2-4-7-19)15-23-21(28)16-25-9-11-26(12-10-25)22(29)20-8-5-13-30-20/h2-8,13-14H,9-12,15-16H2,1H3,(H,23,28). The molecule has 2 aromatic heterocycles. The highest BCUT2D eigenvalue weighted by Gasteiger charge is 2.24. The summed E-state index contributed by atoms with van der Waals surface area (Å²) in [5.74, 6) is 0.202. The first-order valence-corrected chi connectivity index (χ1v) is 10.0. The molecule has 2 amide bonds. The van der Waals surface area contributed by atoms with Gasteiger partial charge in [0, 0.05) is 31.9 Å². The molecule has 0 saturated carbocycles. The highest BCUT2D eigenvalue weighted by molar-refractivity contribution is 5.91. The van der Waals surface area contributed by atoms with Crippen LogP contribution in [-0.2, 0) is 11.3 Å². The summed E-state index contributed by atoms with van der Waals surface area (Å²) in [6.07, 6.45) is 1.50. The molecule has 3 heterocycles. The smallest absolute Gasteiger partial charge is 0.289 e. The summed E-state index contributed by atoms with van der Waals surface area (Å²) in [5.41, 5.74) is 2.83. The lowest BCUT2D eigenvalue weighted by molar-refractivity contribution is -0.122. The molecule has 1 aliphatic rings. The van der Waals surface area contributed by atoms with Gasteiger partial charge in [-0.2, -0.15) is 5.10 Å². The number of hydrogen-bond acceptors (Lipinski definition) is 5. The minimum Gasteiger partial charge on any atom is -0.459 e. The Bertz CT molecular complexity index is 989. The number of hydrogen-bond donors (Lipinski definition) is 1. The molecule has 0 aliphatic carbocycles. The summed E-state index contributed by atoms with van der Waals surface area (Å²) in [6, 6.07) is 15.3. The Morgan fingerprint density at radius 2 is 1.83 bits per heavy atom. The van der Waals surface area contributed by atoms with Crippen molar-refractivity contribution in [1.29, 1.82) is 0 Å². The second-order valence-electron chi connectivity index (χ2n) is 7.35. The van der Waals surface area contributed by atoms with Gasteiger partial charge in [-0.3, -0.25) is 14.5 Å². The van der Waals surface area contributed by atoms with E-state index in [1.807, 2.05) is 48.0 Å². The number of carbonyl (C=O) groups is 2. The number of nitrogens with zero attached hydrogens (tertiary/aromatic N) is 4. The zero-order valence-electron chi connectivity index (χ0n) is 17.0.